The molecule has 3 heteroatoms. The molecule has 29 heavy (non-hydrogen) atoms. The molecule has 0 heterocycles. The van der Waals surface area contributed by atoms with Gasteiger partial charge in [0.05, 0.1) is 7.11 Å². The molecule has 0 N–H and O–H groups in total. The molecule has 0 amide bonds. The maximum Gasteiger partial charge on any atom is 0.118 e. The van der Waals surface area contributed by atoms with Gasteiger partial charge in [0.2, 0.25) is 0 Å². The summed E-state index contributed by atoms with van der Waals surface area (Å²) in [5.41, 5.74) is 6.12. The van der Waals surface area contributed by atoms with E-state index in [1.165, 1.54) is 22.5 Å². The van der Waals surface area contributed by atoms with E-state index in [1.54, 1.807) is 7.11 Å². The van der Waals surface area contributed by atoms with Crippen molar-refractivity contribution >= 4 is 17.5 Å². The third-order valence-electron chi connectivity index (χ3n) is 5.13. The van der Waals surface area contributed by atoms with Gasteiger partial charge in [0.1, 0.15) is 5.75 Å². The van der Waals surface area contributed by atoms with Crippen LogP contribution in [0.5, 0.6) is 5.75 Å². The van der Waals surface area contributed by atoms with Crippen molar-refractivity contribution in [3.05, 3.63) is 95.6 Å². The normalized spacial score (nSPS) is 11.1. The number of nitrogens with zero attached hydrogens (tertiary/aromatic N) is 2. The van der Waals surface area contributed by atoms with Gasteiger partial charge < -0.3 is 14.5 Å². The Morgan fingerprint density at radius 1 is 0.655 bits per heavy atom. The molecule has 0 aromatic heterocycles. The van der Waals surface area contributed by atoms with Gasteiger partial charge in [-0.3, -0.25) is 0 Å². The smallest absolute Gasteiger partial charge is 0.118 e. The van der Waals surface area contributed by atoms with E-state index in [-0.39, 0.29) is 5.92 Å². The highest BCUT2D eigenvalue weighted by molar-refractivity contribution is 5.56. The van der Waals surface area contributed by atoms with E-state index in [0.29, 0.717) is 0 Å². The lowest BCUT2D eigenvalue weighted by molar-refractivity contribution is 0.415. The average molecular weight is 387 g/mol. The first-order valence-electron chi connectivity index (χ1n) is 9.85. The Labute approximate surface area is 174 Å². The van der Waals surface area contributed by atoms with Gasteiger partial charge in [-0.1, -0.05) is 48.6 Å². The number of methoxy groups -OCH3 is 1. The fourth-order valence-electron chi connectivity index (χ4n) is 3.30. The SMILES string of the molecule is COc1ccc(C=CC(c2ccc(N(C)C)cc2)c2ccc(N(C)C)cc2)cc1. The lowest BCUT2D eigenvalue weighted by Crippen LogP contribution is -2.09. The molecule has 3 aromatic carbocycles. The first kappa shape index (κ1) is 20.5. The summed E-state index contributed by atoms with van der Waals surface area (Å²) in [6, 6.07) is 25.7. The zero-order valence-electron chi connectivity index (χ0n) is 18.0. The fourth-order valence-corrected chi connectivity index (χ4v) is 3.30. The standard InChI is InChI=1S/C26H30N2O/c1-27(2)23-13-9-21(10-14-23)26(22-11-15-24(16-12-22)28(3)4)19-8-20-6-17-25(29-5)18-7-20/h6-19,26H,1-5H3. The number of hydrogen-bond acceptors (Lipinski definition) is 3. The second-order valence-electron chi connectivity index (χ2n) is 7.58. The monoisotopic (exact) mass is 386 g/mol. The molecular weight excluding hydrogens is 356 g/mol. The van der Waals surface area contributed by atoms with E-state index in [4.69, 9.17) is 4.74 Å². The molecule has 0 bridgehead atoms. The Kier molecular flexibility index (Phi) is 6.61. The highest BCUT2D eigenvalue weighted by Gasteiger charge is 2.12. The van der Waals surface area contributed by atoms with E-state index in [2.05, 4.69) is 111 Å². The van der Waals surface area contributed by atoms with Crippen LogP contribution in [0.2, 0.25) is 0 Å². The number of benzene rings is 3. The summed E-state index contributed by atoms with van der Waals surface area (Å²) in [5.74, 6) is 1.06. The molecule has 0 fully saturated rings. The molecule has 0 aliphatic rings. The van der Waals surface area contributed by atoms with Crippen LogP contribution in [0.3, 0.4) is 0 Å². The number of anilines is 2. The summed E-state index contributed by atoms with van der Waals surface area (Å²) in [7, 11) is 9.95. The predicted octanol–water partition coefficient (Wildman–Crippen LogP) is 5.67. The largest absolute Gasteiger partial charge is 0.497 e. The predicted molar refractivity (Wildman–Crippen MR) is 125 cm³/mol. The minimum absolute atomic E-state index is 0.185. The Balaban J connectivity index is 1.94. The molecule has 3 rings (SSSR count). The summed E-state index contributed by atoms with van der Waals surface area (Å²) in [6.07, 6.45) is 4.46. The van der Waals surface area contributed by atoms with Crippen LogP contribution in [-0.4, -0.2) is 35.3 Å². The van der Waals surface area contributed by atoms with Crippen molar-refractivity contribution in [2.45, 2.75) is 5.92 Å². The van der Waals surface area contributed by atoms with Crippen LogP contribution in [-0.2, 0) is 0 Å². The van der Waals surface area contributed by atoms with Gasteiger partial charge in [0.15, 0.2) is 0 Å². The average Bonchev–Trinajstić information content (AvgIpc) is 2.75. The molecule has 0 unspecified atom stereocenters. The van der Waals surface area contributed by atoms with Gasteiger partial charge in [-0.15, -0.1) is 0 Å². The molecule has 0 aliphatic carbocycles. The van der Waals surface area contributed by atoms with Gasteiger partial charge in [-0.25, -0.2) is 0 Å². The maximum absolute atomic E-state index is 5.26. The fraction of sp³-hybridized carbons (Fsp3) is 0.231. The van der Waals surface area contributed by atoms with Crippen LogP contribution in [0.4, 0.5) is 11.4 Å². The number of ether oxygens (including phenoxy) is 1. The third kappa shape index (κ3) is 5.20. The lowest BCUT2D eigenvalue weighted by Gasteiger charge is -2.19. The van der Waals surface area contributed by atoms with Crippen molar-refractivity contribution < 1.29 is 4.74 Å². The van der Waals surface area contributed by atoms with Crippen molar-refractivity contribution in [3.8, 4) is 5.75 Å². The van der Waals surface area contributed by atoms with Gasteiger partial charge in [-0.2, -0.15) is 0 Å². The van der Waals surface area contributed by atoms with E-state index >= 15 is 0 Å². The van der Waals surface area contributed by atoms with E-state index < -0.39 is 0 Å². The molecule has 0 aliphatic heterocycles. The minimum atomic E-state index is 0.185. The quantitative estimate of drug-likeness (QED) is 0.520. The zero-order valence-corrected chi connectivity index (χ0v) is 18.0. The van der Waals surface area contributed by atoms with Crippen LogP contribution >= 0.6 is 0 Å². The van der Waals surface area contributed by atoms with Crippen molar-refractivity contribution in [2.75, 3.05) is 45.1 Å². The van der Waals surface area contributed by atoms with Gasteiger partial charge in [0.25, 0.3) is 0 Å². The Bertz CT molecular complexity index is 872. The van der Waals surface area contributed by atoms with Crippen LogP contribution < -0.4 is 14.5 Å². The van der Waals surface area contributed by atoms with Crippen molar-refractivity contribution in [3.63, 3.8) is 0 Å². The van der Waals surface area contributed by atoms with E-state index in [1.807, 2.05) is 12.1 Å². The topological polar surface area (TPSA) is 15.7 Å². The first-order valence-corrected chi connectivity index (χ1v) is 9.85. The van der Waals surface area contributed by atoms with Gasteiger partial charge >= 0.3 is 0 Å². The van der Waals surface area contributed by atoms with Crippen LogP contribution in [0, 0.1) is 0 Å². The number of rotatable bonds is 7. The molecule has 150 valence electrons. The van der Waals surface area contributed by atoms with E-state index in [0.717, 1.165) is 11.3 Å². The second kappa shape index (κ2) is 9.33. The summed E-state index contributed by atoms with van der Waals surface area (Å²) in [6.45, 7) is 0. The highest BCUT2D eigenvalue weighted by Crippen LogP contribution is 2.30. The second-order valence-corrected chi connectivity index (χ2v) is 7.58. The molecule has 0 saturated carbocycles. The van der Waals surface area contributed by atoms with Crippen molar-refractivity contribution in [1.29, 1.82) is 0 Å². The zero-order chi connectivity index (χ0) is 20.8. The first-order chi connectivity index (χ1) is 14.0. The van der Waals surface area contributed by atoms with Crippen LogP contribution in [0.25, 0.3) is 6.08 Å². The molecule has 0 spiro atoms. The number of allylic oxidation sites excluding steroid dienone is 1. The van der Waals surface area contributed by atoms with Gasteiger partial charge in [0, 0.05) is 45.5 Å². The molecule has 0 saturated heterocycles. The third-order valence-corrected chi connectivity index (χ3v) is 5.13. The van der Waals surface area contributed by atoms with E-state index in [9.17, 15) is 0 Å². The number of hydrogen-bond donors (Lipinski definition) is 0. The summed E-state index contributed by atoms with van der Waals surface area (Å²) >= 11 is 0. The van der Waals surface area contributed by atoms with Crippen LogP contribution in [0.15, 0.2) is 78.9 Å². The Morgan fingerprint density at radius 2 is 1.10 bits per heavy atom. The Morgan fingerprint density at radius 3 is 1.48 bits per heavy atom. The molecular formula is C26H30N2O. The summed E-state index contributed by atoms with van der Waals surface area (Å²) in [4.78, 5) is 4.25. The minimum Gasteiger partial charge on any atom is -0.497 e. The molecule has 3 aromatic rings. The van der Waals surface area contributed by atoms with Crippen LogP contribution in [0.1, 0.15) is 22.6 Å². The van der Waals surface area contributed by atoms with Crippen molar-refractivity contribution in [1.82, 2.24) is 0 Å². The lowest BCUT2D eigenvalue weighted by atomic mass is 9.90. The molecule has 0 radical (unpaired) electrons. The molecule has 3 nitrogen and oxygen atoms in total. The maximum atomic E-state index is 5.26. The molecule has 0 atom stereocenters. The summed E-state index contributed by atoms with van der Waals surface area (Å²) in [5, 5.41) is 0. The Hall–Kier alpha value is -3.20. The highest BCUT2D eigenvalue weighted by atomic mass is 16.5. The van der Waals surface area contributed by atoms with Crippen molar-refractivity contribution in [2.24, 2.45) is 0 Å². The summed E-state index contributed by atoms with van der Waals surface area (Å²) < 4.78 is 5.26. The van der Waals surface area contributed by atoms with Gasteiger partial charge in [-0.05, 0) is 53.1 Å².